The van der Waals surface area contributed by atoms with Crippen LogP contribution in [0.4, 0.5) is 0 Å². The van der Waals surface area contributed by atoms with Gasteiger partial charge in [0.2, 0.25) is 0 Å². The second kappa shape index (κ2) is 9.02. The standard InChI is InChI=1S/C21H37NO3/c1-20(2,3)17-13-16(19(23)18(14-17)21(4,5)6)15-22(9-11-24-7)10-12-25-8/h13-14,23H,9-12,15H2,1-8H3. The van der Waals surface area contributed by atoms with Gasteiger partial charge < -0.3 is 14.6 Å². The normalized spacial score (nSPS) is 12.8. The van der Waals surface area contributed by atoms with Crippen molar-refractivity contribution in [1.29, 1.82) is 0 Å². The van der Waals surface area contributed by atoms with Crippen molar-refractivity contribution in [3.63, 3.8) is 0 Å². The number of hydrogen-bond donors (Lipinski definition) is 1. The first kappa shape index (κ1) is 21.9. The molecule has 0 heterocycles. The Morgan fingerprint density at radius 3 is 1.80 bits per heavy atom. The molecule has 1 aromatic carbocycles. The van der Waals surface area contributed by atoms with Gasteiger partial charge in [-0.05, 0) is 22.0 Å². The molecule has 0 radical (unpaired) electrons. The quantitative estimate of drug-likeness (QED) is 0.766. The second-order valence-electron chi connectivity index (χ2n) is 8.79. The van der Waals surface area contributed by atoms with E-state index in [-0.39, 0.29) is 10.8 Å². The van der Waals surface area contributed by atoms with Crippen LogP contribution in [0.1, 0.15) is 58.2 Å². The Labute approximate surface area is 154 Å². The van der Waals surface area contributed by atoms with Crippen LogP contribution in [-0.2, 0) is 26.8 Å². The molecule has 0 fully saturated rings. The summed E-state index contributed by atoms with van der Waals surface area (Å²) in [6.07, 6.45) is 0. The van der Waals surface area contributed by atoms with Crippen molar-refractivity contribution in [1.82, 2.24) is 4.90 Å². The summed E-state index contributed by atoms with van der Waals surface area (Å²) in [4.78, 5) is 2.26. The van der Waals surface area contributed by atoms with E-state index in [1.54, 1.807) is 14.2 Å². The maximum absolute atomic E-state index is 10.9. The highest BCUT2D eigenvalue weighted by Crippen LogP contribution is 2.38. The average molecular weight is 352 g/mol. The van der Waals surface area contributed by atoms with E-state index >= 15 is 0 Å². The number of aromatic hydroxyl groups is 1. The van der Waals surface area contributed by atoms with Crippen molar-refractivity contribution in [3.8, 4) is 5.75 Å². The lowest BCUT2D eigenvalue weighted by atomic mass is 9.79. The minimum atomic E-state index is -0.107. The Morgan fingerprint density at radius 2 is 1.40 bits per heavy atom. The van der Waals surface area contributed by atoms with Gasteiger partial charge in [-0.15, -0.1) is 0 Å². The SMILES string of the molecule is COCCN(CCOC)Cc1cc(C(C)(C)C)cc(C(C)(C)C)c1O. The van der Waals surface area contributed by atoms with Crippen molar-refractivity contribution >= 4 is 0 Å². The van der Waals surface area contributed by atoms with Crippen LogP contribution in [-0.4, -0.2) is 50.5 Å². The molecule has 25 heavy (non-hydrogen) atoms. The highest BCUT2D eigenvalue weighted by Gasteiger charge is 2.25. The summed E-state index contributed by atoms with van der Waals surface area (Å²) >= 11 is 0. The summed E-state index contributed by atoms with van der Waals surface area (Å²) in [6, 6.07) is 4.31. The third-order valence-corrected chi connectivity index (χ3v) is 4.48. The molecule has 1 N–H and O–H groups in total. The van der Waals surface area contributed by atoms with Crippen molar-refractivity contribution in [2.24, 2.45) is 0 Å². The van der Waals surface area contributed by atoms with E-state index in [0.717, 1.165) is 24.2 Å². The van der Waals surface area contributed by atoms with Gasteiger partial charge in [0.05, 0.1) is 13.2 Å². The predicted molar refractivity (Wildman–Crippen MR) is 105 cm³/mol. The van der Waals surface area contributed by atoms with Crippen molar-refractivity contribution in [3.05, 3.63) is 28.8 Å². The van der Waals surface area contributed by atoms with Crippen LogP contribution in [0.3, 0.4) is 0 Å². The largest absolute Gasteiger partial charge is 0.507 e. The van der Waals surface area contributed by atoms with Gasteiger partial charge in [-0.3, -0.25) is 4.90 Å². The van der Waals surface area contributed by atoms with Crippen LogP contribution < -0.4 is 0 Å². The first-order valence-corrected chi connectivity index (χ1v) is 9.07. The van der Waals surface area contributed by atoms with E-state index in [9.17, 15) is 5.11 Å². The van der Waals surface area contributed by atoms with Crippen LogP contribution in [0.5, 0.6) is 5.75 Å². The minimum absolute atomic E-state index is 0.0341. The Morgan fingerprint density at radius 1 is 0.880 bits per heavy atom. The predicted octanol–water partition coefficient (Wildman–Crippen LogP) is 4.08. The maximum atomic E-state index is 10.9. The van der Waals surface area contributed by atoms with E-state index in [2.05, 4.69) is 58.6 Å². The van der Waals surface area contributed by atoms with Crippen molar-refractivity contribution in [2.45, 2.75) is 58.9 Å². The summed E-state index contributed by atoms with van der Waals surface area (Å²) in [6.45, 7) is 16.7. The van der Waals surface area contributed by atoms with Gasteiger partial charge in [0.15, 0.2) is 0 Å². The highest BCUT2D eigenvalue weighted by atomic mass is 16.5. The number of hydrogen-bond acceptors (Lipinski definition) is 4. The van der Waals surface area contributed by atoms with Gasteiger partial charge in [0.25, 0.3) is 0 Å². The molecule has 0 bridgehead atoms. The molecule has 0 saturated carbocycles. The fourth-order valence-corrected chi connectivity index (χ4v) is 2.77. The van der Waals surface area contributed by atoms with E-state index in [1.807, 2.05) is 0 Å². The molecule has 0 aromatic heterocycles. The summed E-state index contributed by atoms with van der Waals surface area (Å²) in [5, 5.41) is 10.9. The molecule has 0 aliphatic heterocycles. The number of phenols is 1. The summed E-state index contributed by atoms with van der Waals surface area (Å²) < 4.78 is 10.5. The molecule has 0 aliphatic carbocycles. The third-order valence-electron chi connectivity index (χ3n) is 4.48. The number of nitrogens with zero attached hydrogens (tertiary/aromatic N) is 1. The third kappa shape index (κ3) is 6.61. The average Bonchev–Trinajstić information content (AvgIpc) is 2.49. The van der Waals surface area contributed by atoms with Gasteiger partial charge in [-0.1, -0.05) is 53.7 Å². The number of ether oxygens (including phenoxy) is 2. The molecule has 0 saturated heterocycles. The number of phenolic OH excluding ortho intramolecular Hbond substituents is 1. The summed E-state index contributed by atoms with van der Waals surface area (Å²) in [5.41, 5.74) is 3.16. The molecule has 0 spiro atoms. The van der Waals surface area contributed by atoms with Crippen molar-refractivity contribution < 1.29 is 14.6 Å². The molecule has 0 aliphatic rings. The van der Waals surface area contributed by atoms with Crippen LogP contribution in [0, 0.1) is 0 Å². The number of methoxy groups -OCH3 is 2. The molecule has 1 aromatic rings. The zero-order chi connectivity index (χ0) is 19.3. The Kier molecular flexibility index (Phi) is 7.91. The van der Waals surface area contributed by atoms with E-state index < -0.39 is 0 Å². The van der Waals surface area contributed by atoms with Gasteiger partial charge in [-0.25, -0.2) is 0 Å². The summed E-state index contributed by atoms with van der Waals surface area (Å²) in [7, 11) is 3.42. The lowest BCUT2D eigenvalue weighted by Crippen LogP contribution is -2.30. The fourth-order valence-electron chi connectivity index (χ4n) is 2.77. The molecular formula is C21H37NO3. The van der Waals surface area contributed by atoms with E-state index in [1.165, 1.54) is 5.56 Å². The zero-order valence-electron chi connectivity index (χ0n) is 17.4. The fraction of sp³-hybridized carbons (Fsp3) is 0.714. The molecule has 1 rings (SSSR count). The molecule has 144 valence electrons. The highest BCUT2D eigenvalue weighted by molar-refractivity contribution is 5.48. The molecule has 4 heteroatoms. The van der Waals surface area contributed by atoms with Gasteiger partial charge in [-0.2, -0.15) is 0 Å². The maximum Gasteiger partial charge on any atom is 0.123 e. The monoisotopic (exact) mass is 351 g/mol. The van der Waals surface area contributed by atoms with Crippen LogP contribution >= 0.6 is 0 Å². The van der Waals surface area contributed by atoms with Gasteiger partial charge >= 0.3 is 0 Å². The number of rotatable bonds is 8. The smallest absolute Gasteiger partial charge is 0.123 e. The molecule has 0 amide bonds. The zero-order valence-corrected chi connectivity index (χ0v) is 17.4. The lowest BCUT2D eigenvalue weighted by Gasteiger charge is -2.29. The lowest BCUT2D eigenvalue weighted by molar-refractivity contribution is 0.109. The van der Waals surface area contributed by atoms with Gasteiger partial charge in [0, 0.05) is 39.4 Å². The molecule has 0 atom stereocenters. The Balaban J connectivity index is 3.26. The topological polar surface area (TPSA) is 41.9 Å². The molecule has 4 nitrogen and oxygen atoms in total. The Hall–Kier alpha value is -1.10. The number of benzene rings is 1. The first-order valence-electron chi connectivity index (χ1n) is 9.07. The molecule has 0 unspecified atom stereocenters. The second-order valence-corrected chi connectivity index (χ2v) is 8.79. The van der Waals surface area contributed by atoms with Gasteiger partial charge in [0.1, 0.15) is 5.75 Å². The minimum Gasteiger partial charge on any atom is -0.507 e. The molecular weight excluding hydrogens is 314 g/mol. The van der Waals surface area contributed by atoms with E-state index in [0.29, 0.717) is 25.5 Å². The first-order chi connectivity index (χ1) is 11.5. The van der Waals surface area contributed by atoms with Crippen molar-refractivity contribution in [2.75, 3.05) is 40.5 Å². The Bertz CT molecular complexity index is 533. The van der Waals surface area contributed by atoms with Crippen LogP contribution in [0.25, 0.3) is 0 Å². The van der Waals surface area contributed by atoms with Crippen LogP contribution in [0.2, 0.25) is 0 Å². The van der Waals surface area contributed by atoms with Crippen LogP contribution in [0.15, 0.2) is 12.1 Å². The summed E-state index contributed by atoms with van der Waals surface area (Å²) in [5.74, 6) is 0.417. The van der Waals surface area contributed by atoms with E-state index in [4.69, 9.17) is 9.47 Å².